The quantitative estimate of drug-likeness (QED) is 0.741. The molecule has 0 aromatic carbocycles. The molecule has 0 radical (unpaired) electrons. The van der Waals surface area contributed by atoms with Crippen molar-refractivity contribution in [3.63, 3.8) is 0 Å². The minimum atomic E-state index is 0.401. The van der Waals surface area contributed by atoms with E-state index in [1.807, 2.05) is 19.2 Å². The SMILES string of the molecule is C#CCC(CC)NCc1ccc(C)cn1. The summed E-state index contributed by atoms with van der Waals surface area (Å²) in [5.74, 6) is 2.68. The Hall–Kier alpha value is -1.33. The summed E-state index contributed by atoms with van der Waals surface area (Å²) in [4.78, 5) is 4.33. The molecule has 1 N–H and O–H groups in total. The maximum atomic E-state index is 5.29. The maximum absolute atomic E-state index is 5.29. The Labute approximate surface area is 92.1 Å². The van der Waals surface area contributed by atoms with Gasteiger partial charge in [0.05, 0.1) is 5.69 Å². The maximum Gasteiger partial charge on any atom is 0.0541 e. The number of nitrogens with zero attached hydrogens (tertiary/aromatic N) is 1. The van der Waals surface area contributed by atoms with Gasteiger partial charge in [-0.1, -0.05) is 13.0 Å². The average molecular weight is 202 g/mol. The van der Waals surface area contributed by atoms with Crippen LogP contribution in [0.15, 0.2) is 18.3 Å². The highest BCUT2D eigenvalue weighted by Gasteiger charge is 2.03. The van der Waals surface area contributed by atoms with Crippen LogP contribution in [0.1, 0.15) is 31.0 Å². The summed E-state index contributed by atoms with van der Waals surface area (Å²) in [5.41, 5.74) is 2.26. The molecule has 0 saturated carbocycles. The number of hydrogen-bond acceptors (Lipinski definition) is 2. The topological polar surface area (TPSA) is 24.9 Å². The van der Waals surface area contributed by atoms with Crippen molar-refractivity contribution in [1.29, 1.82) is 0 Å². The van der Waals surface area contributed by atoms with Gasteiger partial charge in [0.2, 0.25) is 0 Å². The van der Waals surface area contributed by atoms with Gasteiger partial charge in [-0.2, -0.15) is 0 Å². The Balaban J connectivity index is 2.42. The largest absolute Gasteiger partial charge is 0.307 e. The molecule has 0 spiro atoms. The van der Waals surface area contributed by atoms with Crippen molar-refractivity contribution in [3.05, 3.63) is 29.6 Å². The first-order valence-corrected chi connectivity index (χ1v) is 5.34. The molecule has 1 aromatic rings. The standard InChI is InChI=1S/C13H18N2/c1-4-6-12(5-2)15-10-13-8-7-11(3)9-14-13/h1,7-9,12,15H,5-6,10H2,2-3H3. The second-order valence-electron chi connectivity index (χ2n) is 3.72. The highest BCUT2D eigenvalue weighted by atomic mass is 14.9. The highest BCUT2D eigenvalue weighted by molar-refractivity contribution is 5.12. The normalized spacial score (nSPS) is 12.1. The molecular weight excluding hydrogens is 184 g/mol. The molecule has 1 rings (SSSR count). The number of hydrogen-bond donors (Lipinski definition) is 1. The van der Waals surface area contributed by atoms with Crippen LogP contribution in [0.25, 0.3) is 0 Å². The van der Waals surface area contributed by atoms with Crippen molar-refractivity contribution < 1.29 is 0 Å². The number of pyridine rings is 1. The molecule has 80 valence electrons. The van der Waals surface area contributed by atoms with Gasteiger partial charge in [-0.3, -0.25) is 4.98 Å². The first-order valence-electron chi connectivity index (χ1n) is 5.34. The summed E-state index contributed by atoms with van der Waals surface area (Å²) >= 11 is 0. The molecule has 1 heterocycles. The lowest BCUT2D eigenvalue weighted by atomic mass is 10.1. The smallest absolute Gasteiger partial charge is 0.0541 e. The molecule has 0 amide bonds. The number of aryl methyl sites for hydroxylation is 1. The van der Waals surface area contributed by atoms with E-state index in [-0.39, 0.29) is 0 Å². The van der Waals surface area contributed by atoms with Crippen LogP contribution in [0.5, 0.6) is 0 Å². The van der Waals surface area contributed by atoms with Crippen LogP contribution in [-0.4, -0.2) is 11.0 Å². The molecule has 0 aliphatic heterocycles. The number of nitrogens with one attached hydrogen (secondary N) is 1. The highest BCUT2D eigenvalue weighted by Crippen LogP contribution is 2.01. The van der Waals surface area contributed by atoms with Crippen molar-refractivity contribution >= 4 is 0 Å². The minimum absolute atomic E-state index is 0.401. The lowest BCUT2D eigenvalue weighted by Gasteiger charge is -2.13. The van der Waals surface area contributed by atoms with E-state index in [0.717, 1.165) is 25.1 Å². The van der Waals surface area contributed by atoms with Crippen LogP contribution in [-0.2, 0) is 6.54 Å². The van der Waals surface area contributed by atoms with Gasteiger partial charge in [0.25, 0.3) is 0 Å². The Morgan fingerprint density at radius 2 is 2.33 bits per heavy atom. The first-order chi connectivity index (χ1) is 7.26. The Kier molecular flexibility index (Phi) is 4.86. The van der Waals surface area contributed by atoms with Crippen LogP contribution in [0, 0.1) is 19.3 Å². The van der Waals surface area contributed by atoms with E-state index < -0.39 is 0 Å². The molecule has 2 nitrogen and oxygen atoms in total. The zero-order chi connectivity index (χ0) is 11.1. The molecule has 0 bridgehead atoms. The molecule has 15 heavy (non-hydrogen) atoms. The van der Waals surface area contributed by atoms with Crippen LogP contribution >= 0.6 is 0 Å². The summed E-state index contributed by atoms with van der Waals surface area (Å²) in [7, 11) is 0. The second-order valence-corrected chi connectivity index (χ2v) is 3.72. The zero-order valence-electron chi connectivity index (χ0n) is 9.46. The molecule has 1 aromatic heterocycles. The monoisotopic (exact) mass is 202 g/mol. The summed E-state index contributed by atoms with van der Waals surface area (Å²) in [6.45, 7) is 4.97. The van der Waals surface area contributed by atoms with E-state index in [4.69, 9.17) is 6.42 Å². The third-order valence-corrected chi connectivity index (χ3v) is 2.40. The Morgan fingerprint density at radius 1 is 1.53 bits per heavy atom. The molecule has 0 fully saturated rings. The van der Waals surface area contributed by atoms with Crippen molar-refractivity contribution in [2.24, 2.45) is 0 Å². The molecule has 2 heteroatoms. The van der Waals surface area contributed by atoms with Gasteiger partial charge < -0.3 is 5.32 Å². The summed E-state index contributed by atoms with van der Waals surface area (Å²) in [6, 6.07) is 4.52. The Morgan fingerprint density at radius 3 is 2.87 bits per heavy atom. The van der Waals surface area contributed by atoms with Crippen molar-refractivity contribution in [3.8, 4) is 12.3 Å². The van der Waals surface area contributed by atoms with E-state index in [2.05, 4.69) is 29.2 Å². The van der Waals surface area contributed by atoms with E-state index in [9.17, 15) is 0 Å². The third-order valence-electron chi connectivity index (χ3n) is 2.40. The van der Waals surface area contributed by atoms with Crippen LogP contribution in [0.2, 0.25) is 0 Å². The number of rotatable bonds is 5. The van der Waals surface area contributed by atoms with Crippen LogP contribution in [0.3, 0.4) is 0 Å². The second kappa shape index (κ2) is 6.21. The fourth-order valence-corrected chi connectivity index (χ4v) is 1.36. The van der Waals surface area contributed by atoms with Gasteiger partial charge in [0.1, 0.15) is 0 Å². The van der Waals surface area contributed by atoms with Gasteiger partial charge in [-0.05, 0) is 25.0 Å². The van der Waals surface area contributed by atoms with Gasteiger partial charge >= 0.3 is 0 Å². The molecular formula is C13H18N2. The fraction of sp³-hybridized carbons (Fsp3) is 0.462. The molecule has 1 unspecified atom stereocenters. The average Bonchev–Trinajstić information content (AvgIpc) is 2.26. The third kappa shape index (κ3) is 4.14. The first kappa shape index (κ1) is 11.7. The summed E-state index contributed by atoms with van der Waals surface area (Å²) in [5, 5.41) is 3.40. The van der Waals surface area contributed by atoms with Crippen molar-refractivity contribution in [1.82, 2.24) is 10.3 Å². The van der Waals surface area contributed by atoms with E-state index >= 15 is 0 Å². The van der Waals surface area contributed by atoms with Gasteiger partial charge in [0, 0.05) is 25.2 Å². The lowest BCUT2D eigenvalue weighted by molar-refractivity contribution is 0.502. The molecule has 0 aliphatic rings. The molecule has 1 atom stereocenters. The van der Waals surface area contributed by atoms with Gasteiger partial charge in [-0.25, -0.2) is 0 Å². The summed E-state index contributed by atoms with van der Waals surface area (Å²) < 4.78 is 0. The van der Waals surface area contributed by atoms with E-state index in [1.54, 1.807) is 0 Å². The molecule has 0 aliphatic carbocycles. The van der Waals surface area contributed by atoms with Crippen LogP contribution in [0.4, 0.5) is 0 Å². The number of aromatic nitrogens is 1. The van der Waals surface area contributed by atoms with E-state index in [0.29, 0.717) is 6.04 Å². The summed E-state index contributed by atoms with van der Waals surface area (Å²) in [6.07, 6.45) is 9.01. The van der Waals surface area contributed by atoms with E-state index in [1.165, 1.54) is 5.56 Å². The Bertz CT molecular complexity index is 321. The van der Waals surface area contributed by atoms with Crippen molar-refractivity contribution in [2.45, 2.75) is 39.3 Å². The zero-order valence-corrected chi connectivity index (χ0v) is 9.46. The van der Waals surface area contributed by atoms with Crippen molar-refractivity contribution in [2.75, 3.05) is 0 Å². The van der Waals surface area contributed by atoms with Gasteiger partial charge in [0.15, 0.2) is 0 Å². The molecule has 0 saturated heterocycles. The predicted octanol–water partition coefficient (Wildman–Crippen LogP) is 2.28. The van der Waals surface area contributed by atoms with Crippen LogP contribution < -0.4 is 5.32 Å². The lowest BCUT2D eigenvalue weighted by Crippen LogP contribution is -2.27. The minimum Gasteiger partial charge on any atom is -0.307 e. The van der Waals surface area contributed by atoms with Gasteiger partial charge in [-0.15, -0.1) is 12.3 Å². The number of terminal acetylenes is 1. The fourth-order valence-electron chi connectivity index (χ4n) is 1.36. The predicted molar refractivity (Wildman–Crippen MR) is 63.3 cm³/mol.